The van der Waals surface area contributed by atoms with Crippen LogP contribution in [0.2, 0.25) is 0 Å². The first-order chi connectivity index (χ1) is 28.2. The minimum absolute atomic E-state index is 0.623. The molecule has 0 aliphatic rings. The Morgan fingerprint density at radius 2 is 0.754 bits per heavy atom. The molecule has 3 nitrogen and oxygen atoms in total. The third-order valence-electron chi connectivity index (χ3n) is 10.8. The van der Waals surface area contributed by atoms with E-state index in [1.54, 1.807) is 0 Å². The molecule has 0 atom stereocenters. The third-order valence-corrected chi connectivity index (χ3v) is 10.8. The van der Waals surface area contributed by atoms with E-state index in [0.29, 0.717) is 5.56 Å². The van der Waals surface area contributed by atoms with Gasteiger partial charge in [-0.15, -0.1) is 0 Å². The number of nitriles is 1. The van der Waals surface area contributed by atoms with Gasteiger partial charge in [0.15, 0.2) is 0 Å². The number of benzene rings is 8. The van der Waals surface area contributed by atoms with Gasteiger partial charge in [0.25, 0.3) is 0 Å². The van der Waals surface area contributed by atoms with Crippen molar-refractivity contribution in [1.82, 2.24) is 9.55 Å². The van der Waals surface area contributed by atoms with Crippen LogP contribution in [-0.4, -0.2) is 9.55 Å². The molecule has 266 valence electrons. The molecule has 10 rings (SSSR count). The van der Waals surface area contributed by atoms with Crippen LogP contribution in [0.1, 0.15) is 5.56 Å². The summed E-state index contributed by atoms with van der Waals surface area (Å²) in [6.45, 7) is 0. The van der Waals surface area contributed by atoms with Crippen molar-refractivity contribution in [2.45, 2.75) is 0 Å². The van der Waals surface area contributed by atoms with Crippen LogP contribution in [0.5, 0.6) is 0 Å². The van der Waals surface area contributed by atoms with Crippen LogP contribution in [0.15, 0.2) is 212 Å². The number of hydrogen-bond acceptors (Lipinski definition) is 2. The first-order valence-corrected chi connectivity index (χ1v) is 19.2. The molecule has 3 heteroatoms. The molecule has 0 unspecified atom stereocenters. The van der Waals surface area contributed by atoms with Crippen LogP contribution in [0.4, 0.5) is 0 Å². The van der Waals surface area contributed by atoms with Crippen LogP contribution >= 0.6 is 0 Å². The lowest BCUT2D eigenvalue weighted by molar-refractivity contribution is 1.18. The number of hydrogen-bond donors (Lipinski definition) is 0. The van der Waals surface area contributed by atoms with Gasteiger partial charge in [-0.2, -0.15) is 5.26 Å². The van der Waals surface area contributed by atoms with E-state index in [1.165, 1.54) is 21.9 Å². The van der Waals surface area contributed by atoms with Gasteiger partial charge in [-0.05, 0) is 99.1 Å². The van der Waals surface area contributed by atoms with Gasteiger partial charge < -0.3 is 4.57 Å². The number of aromatic nitrogens is 2. The molecule has 0 amide bonds. The van der Waals surface area contributed by atoms with E-state index in [9.17, 15) is 5.26 Å². The molecule has 0 radical (unpaired) electrons. The highest BCUT2D eigenvalue weighted by Crippen LogP contribution is 2.40. The van der Waals surface area contributed by atoms with Crippen molar-refractivity contribution in [2.75, 3.05) is 0 Å². The predicted molar refractivity (Wildman–Crippen MR) is 236 cm³/mol. The summed E-state index contributed by atoms with van der Waals surface area (Å²) >= 11 is 0. The van der Waals surface area contributed by atoms with E-state index in [0.717, 1.165) is 72.6 Å². The van der Waals surface area contributed by atoms with Gasteiger partial charge in [0.05, 0.1) is 34.1 Å². The van der Waals surface area contributed by atoms with Gasteiger partial charge in [-0.1, -0.05) is 158 Å². The Labute approximate surface area is 332 Å². The molecule has 0 aliphatic carbocycles. The maximum absolute atomic E-state index is 9.94. The summed E-state index contributed by atoms with van der Waals surface area (Å²) in [6, 6.07) is 77.0. The smallest absolute Gasteiger partial charge is 0.0991 e. The van der Waals surface area contributed by atoms with Crippen molar-refractivity contribution in [2.24, 2.45) is 0 Å². The monoisotopic (exact) mass is 725 g/mol. The second-order valence-corrected chi connectivity index (χ2v) is 14.4. The molecular weight excluding hydrogens is 691 g/mol. The Morgan fingerprint density at radius 1 is 0.333 bits per heavy atom. The van der Waals surface area contributed by atoms with E-state index < -0.39 is 0 Å². The SMILES string of the molecule is N#Cc1cccc(-c2cc(-c3cc(-c4ccccc4)nc(-c4ccccc4)c3)cc(-n3c4cc(-c5ccccc5)ccc4c4ccc(-c5ccccc5)cc43)c2)c1. The van der Waals surface area contributed by atoms with Crippen LogP contribution in [0.25, 0.3) is 94.5 Å². The average Bonchev–Trinajstić information content (AvgIpc) is 3.63. The zero-order valence-electron chi connectivity index (χ0n) is 31.0. The van der Waals surface area contributed by atoms with Gasteiger partial charge in [-0.25, -0.2) is 4.98 Å². The fraction of sp³-hybridized carbons (Fsp3) is 0. The van der Waals surface area contributed by atoms with Crippen molar-refractivity contribution < 1.29 is 0 Å². The highest BCUT2D eigenvalue weighted by molar-refractivity contribution is 6.11. The lowest BCUT2D eigenvalue weighted by atomic mass is 9.95. The molecule has 0 bridgehead atoms. The van der Waals surface area contributed by atoms with E-state index in [-0.39, 0.29) is 0 Å². The van der Waals surface area contributed by atoms with Gasteiger partial charge >= 0.3 is 0 Å². The maximum Gasteiger partial charge on any atom is 0.0991 e. The molecule has 0 saturated carbocycles. The Bertz CT molecular complexity index is 2950. The zero-order chi connectivity index (χ0) is 38.1. The van der Waals surface area contributed by atoms with E-state index in [1.807, 2.05) is 30.3 Å². The molecule has 0 fully saturated rings. The summed E-state index contributed by atoms with van der Waals surface area (Å²) in [5.41, 5.74) is 16.6. The van der Waals surface area contributed by atoms with E-state index in [2.05, 4.69) is 193 Å². The van der Waals surface area contributed by atoms with Crippen molar-refractivity contribution >= 4 is 21.8 Å². The molecule has 0 aliphatic heterocycles. The normalized spacial score (nSPS) is 11.1. The molecular formula is C54H35N3. The largest absolute Gasteiger partial charge is 0.309 e. The lowest BCUT2D eigenvalue weighted by Crippen LogP contribution is -1.97. The highest BCUT2D eigenvalue weighted by Gasteiger charge is 2.18. The number of fused-ring (bicyclic) bond motifs is 3. The first kappa shape index (κ1) is 33.7. The average molecular weight is 726 g/mol. The molecule has 10 aromatic rings. The van der Waals surface area contributed by atoms with Gasteiger partial charge in [0, 0.05) is 27.6 Å². The second kappa shape index (κ2) is 14.5. The first-order valence-electron chi connectivity index (χ1n) is 19.2. The van der Waals surface area contributed by atoms with Crippen LogP contribution in [0, 0.1) is 11.3 Å². The Balaban J connectivity index is 1.28. The third kappa shape index (κ3) is 6.46. The highest BCUT2D eigenvalue weighted by atomic mass is 15.0. The fourth-order valence-electron chi connectivity index (χ4n) is 7.97. The molecule has 0 N–H and O–H groups in total. The summed E-state index contributed by atoms with van der Waals surface area (Å²) in [5.74, 6) is 0. The molecule has 0 saturated heterocycles. The summed E-state index contributed by atoms with van der Waals surface area (Å²) in [6.07, 6.45) is 0. The quantitative estimate of drug-likeness (QED) is 0.164. The van der Waals surface area contributed by atoms with Gasteiger partial charge in [0.2, 0.25) is 0 Å². The van der Waals surface area contributed by atoms with Crippen molar-refractivity contribution in [3.63, 3.8) is 0 Å². The molecule has 57 heavy (non-hydrogen) atoms. The van der Waals surface area contributed by atoms with E-state index >= 15 is 0 Å². The van der Waals surface area contributed by atoms with Gasteiger partial charge in [0.1, 0.15) is 0 Å². The van der Waals surface area contributed by atoms with E-state index in [4.69, 9.17) is 4.98 Å². The van der Waals surface area contributed by atoms with Crippen LogP contribution in [-0.2, 0) is 0 Å². The predicted octanol–water partition coefficient (Wildman–Crippen LogP) is 14.1. The fourth-order valence-corrected chi connectivity index (χ4v) is 7.97. The Morgan fingerprint density at radius 3 is 1.25 bits per heavy atom. The number of rotatable bonds is 7. The summed E-state index contributed by atoms with van der Waals surface area (Å²) < 4.78 is 2.42. The number of pyridine rings is 1. The topological polar surface area (TPSA) is 41.6 Å². The van der Waals surface area contributed by atoms with Crippen LogP contribution < -0.4 is 0 Å². The summed E-state index contributed by atoms with van der Waals surface area (Å²) in [4.78, 5) is 5.19. The molecule has 2 heterocycles. The maximum atomic E-state index is 9.94. The van der Waals surface area contributed by atoms with Crippen molar-refractivity contribution in [3.05, 3.63) is 218 Å². The Hall–Kier alpha value is -7.80. The van der Waals surface area contributed by atoms with Gasteiger partial charge in [-0.3, -0.25) is 0 Å². The van der Waals surface area contributed by atoms with Crippen molar-refractivity contribution in [1.29, 1.82) is 5.26 Å². The summed E-state index contributed by atoms with van der Waals surface area (Å²) in [5, 5.41) is 12.3. The Kier molecular flexibility index (Phi) is 8.56. The number of nitrogens with zero attached hydrogens (tertiary/aromatic N) is 3. The minimum atomic E-state index is 0.623. The molecule has 8 aromatic carbocycles. The minimum Gasteiger partial charge on any atom is -0.309 e. The lowest BCUT2D eigenvalue weighted by Gasteiger charge is -2.16. The zero-order valence-corrected chi connectivity index (χ0v) is 31.0. The van der Waals surface area contributed by atoms with Crippen LogP contribution in [0.3, 0.4) is 0 Å². The van der Waals surface area contributed by atoms with Crippen molar-refractivity contribution in [3.8, 4) is 78.8 Å². The second-order valence-electron chi connectivity index (χ2n) is 14.4. The molecule has 0 spiro atoms. The summed E-state index contributed by atoms with van der Waals surface area (Å²) in [7, 11) is 0. The standard InChI is InChI=1S/C54H35N3/c55-36-37-14-13-23-42(28-37)45-29-46(47-32-51(40-19-9-3-10-20-40)56-52(33-47)41-21-11-4-12-22-41)31-48(30-45)57-53-34-43(38-15-5-1-6-16-38)24-26-49(53)50-27-25-44(35-54(50)57)39-17-7-2-8-18-39/h1-35H. The molecule has 2 aromatic heterocycles.